The molecule has 4 nitrogen and oxygen atoms in total. The Labute approximate surface area is 259 Å². The first kappa shape index (κ1) is 25.4. The third-order valence-corrected chi connectivity index (χ3v) is 8.53. The van der Waals surface area contributed by atoms with E-state index < -0.39 is 0 Å². The van der Waals surface area contributed by atoms with Crippen LogP contribution in [0.3, 0.4) is 0 Å². The van der Waals surface area contributed by atoms with Crippen LogP contribution in [0.4, 0.5) is 0 Å². The molecule has 0 N–H and O–H groups in total. The zero-order valence-electron chi connectivity index (χ0n) is 24.2. The first-order valence-corrected chi connectivity index (χ1v) is 15.0. The van der Waals surface area contributed by atoms with Crippen molar-refractivity contribution in [1.82, 2.24) is 15.0 Å². The lowest BCUT2D eigenvalue weighted by Crippen LogP contribution is -2.00. The van der Waals surface area contributed by atoms with Gasteiger partial charge in [-0.05, 0) is 50.9 Å². The Morgan fingerprint density at radius 3 is 1.71 bits per heavy atom. The summed E-state index contributed by atoms with van der Waals surface area (Å²) >= 11 is 0. The summed E-state index contributed by atoms with van der Waals surface area (Å²) in [7, 11) is 0. The highest BCUT2D eigenvalue weighted by Crippen LogP contribution is 2.37. The second-order valence-electron chi connectivity index (χ2n) is 11.2. The lowest BCUT2D eigenvalue weighted by atomic mass is 9.96. The van der Waals surface area contributed by atoms with Crippen LogP contribution in [0.1, 0.15) is 0 Å². The normalized spacial score (nSPS) is 11.6. The molecule has 0 spiro atoms. The Balaban J connectivity index is 1.23. The maximum Gasteiger partial charge on any atom is 0.164 e. The van der Waals surface area contributed by atoms with E-state index in [9.17, 15) is 0 Å². The minimum atomic E-state index is 0.639. The van der Waals surface area contributed by atoms with E-state index in [-0.39, 0.29) is 0 Å². The predicted molar refractivity (Wildman–Crippen MR) is 184 cm³/mol. The summed E-state index contributed by atoms with van der Waals surface area (Å²) in [6.07, 6.45) is 0. The summed E-state index contributed by atoms with van der Waals surface area (Å²) in [5.41, 5.74) is 6.95. The van der Waals surface area contributed by atoms with Gasteiger partial charge < -0.3 is 4.42 Å². The summed E-state index contributed by atoms with van der Waals surface area (Å²) in [4.78, 5) is 15.1. The topological polar surface area (TPSA) is 51.8 Å². The van der Waals surface area contributed by atoms with Crippen LogP contribution in [0.5, 0.6) is 0 Å². The van der Waals surface area contributed by atoms with Crippen molar-refractivity contribution in [2.24, 2.45) is 0 Å². The van der Waals surface area contributed by atoms with Crippen molar-refractivity contribution in [3.8, 4) is 45.3 Å². The van der Waals surface area contributed by atoms with Crippen LogP contribution in [0.25, 0.3) is 88.8 Å². The molecule has 0 radical (unpaired) electrons. The molecule has 0 fully saturated rings. The Bertz CT molecular complexity index is 2520. The summed E-state index contributed by atoms with van der Waals surface area (Å²) in [5, 5.41) is 6.76. The minimum Gasteiger partial charge on any atom is -0.456 e. The third-order valence-electron chi connectivity index (χ3n) is 8.53. The highest BCUT2D eigenvalue weighted by Gasteiger charge is 2.16. The molecule has 4 heteroatoms. The van der Waals surface area contributed by atoms with Crippen LogP contribution in [0, 0.1) is 0 Å². The molecule has 7 aromatic carbocycles. The number of hydrogen-bond donors (Lipinski definition) is 0. The van der Waals surface area contributed by atoms with Crippen LogP contribution in [0.15, 0.2) is 156 Å². The van der Waals surface area contributed by atoms with Gasteiger partial charge in [-0.1, -0.05) is 133 Å². The molecular formula is C41H25N3O. The lowest BCUT2D eigenvalue weighted by molar-refractivity contribution is 0.669. The van der Waals surface area contributed by atoms with Crippen molar-refractivity contribution in [1.29, 1.82) is 0 Å². The summed E-state index contributed by atoms with van der Waals surface area (Å²) < 4.78 is 6.26. The first-order valence-electron chi connectivity index (χ1n) is 15.0. The zero-order valence-corrected chi connectivity index (χ0v) is 24.2. The van der Waals surface area contributed by atoms with Gasteiger partial charge >= 0.3 is 0 Å². The Morgan fingerprint density at radius 2 is 0.933 bits per heavy atom. The quantitative estimate of drug-likeness (QED) is 0.196. The van der Waals surface area contributed by atoms with Gasteiger partial charge in [0.2, 0.25) is 0 Å². The minimum absolute atomic E-state index is 0.639. The number of benzene rings is 7. The largest absolute Gasteiger partial charge is 0.456 e. The zero-order chi connectivity index (χ0) is 29.7. The van der Waals surface area contributed by atoms with Gasteiger partial charge in [-0.15, -0.1) is 0 Å². The van der Waals surface area contributed by atoms with Gasteiger partial charge in [0.25, 0.3) is 0 Å². The van der Waals surface area contributed by atoms with Gasteiger partial charge in [-0.25, -0.2) is 15.0 Å². The molecule has 9 rings (SSSR count). The number of nitrogens with zero attached hydrogens (tertiary/aromatic N) is 3. The van der Waals surface area contributed by atoms with E-state index in [0.29, 0.717) is 17.5 Å². The summed E-state index contributed by atoms with van der Waals surface area (Å²) in [6, 6.07) is 52.2. The molecular weight excluding hydrogens is 550 g/mol. The fourth-order valence-corrected chi connectivity index (χ4v) is 6.29. The monoisotopic (exact) mass is 575 g/mol. The molecule has 45 heavy (non-hydrogen) atoms. The molecule has 2 heterocycles. The highest BCUT2D eigenvalue weighted by molar-refractivity contribution is 6.17. The van der Waals surface area contributed by atoms with Crippen molar-refractivity contribution < 1.29 is 4.42 Å². The molecule has 0 aliphatic heterocycles. The fraction of sp³-hybridized carbons (Fsp3) is 0. The molecule has 0 aliphatic rings. The van der Waals surface area contributed by atoms with E-state index in [0.717, 1.165) is 60.4 Å². The van der Waals surface area contributed by atoms with E-state index in [2.05, 4.69) is 103 Å². The van der Waals surface area contributed by atoms with Gasteiger partial charge in [0, 0.05) is 27.5 Å². The van der Waals surface area contributed by atoms with Crippen molar-refractivity contribution >= 4 is 43.5 Å². The van der Waals surface area contributed by atoms with E-state index >= 15 is 0 Å². The molecule has 0 saturated heterocycles. The van der Waals surface area contributed by atoms with Crippen molar-refractivity contribution in [3.63, 3.8) is 0 Å². The molecule has 0 saturated carbocycles. The van der Waals surface area contributed by atoms with Crippen molar-refractivity contribution in [2.75, 3.05) is 0 Å². The van der Waals surface area contributed by atoms with Crippen molar-refractivity contribution in [2.45, 2.75) is 0 Å². The van der Waals surface area contributed by atoms with Gasteiger partial charge in [0.15, 0.2) is 17.5 Å². The molecule has 2 aromatic heterocycles. The smallest absolute Gasteiger partial charge is 0.164 e. The Hall–Kier alpha value is -6.13. The molecule has 9 aromatic rings. The van der Waals surface area contributed by atoms with Crippen LogP contribution < -0.4 is 0 Å². The lowest BCUT2D eigenvalue weighted by Gasteiger charge is -2.12. The van der Waals surface area contributed by atoms with Gasteiger partial charge in [0.05, 0.1) is 0 Å². The van der Waals surface area contributed by atoms with Crippen LogP contribution in [0.2, 0.25) is 0 Å². The van der Waals surface area contributed by atoms with E-state index in [1.807, 2.05) is 48.5 Å². The molecule has 210 valence electrons. The molecule has 0 atom stereocenters. The number of furan rings is 1. The van der Waals surface area contributed by atoms with Crippen LogP contribution >= 0.6 is 0 Å². The summed E-state index contributed by atoms with van der Waals surface area (Å²) in [6.45, 7) is 0. The standard InChI is InChI=1S/C41H25N3O/c1-3-10-26(11-4-1)27-18-20-29(21-19-27)40-42-39(28-12-5-2-6-13-28)43-41(44-40)34-16-9-15-31-32(34)23-22-30-24-36-33-14-7-8-17-37(33)45-38(36)25-35(30)31/h1-25H. The second-order valence-corrected chi connectivity index (χ2v) is 11.2. The number of rotatable bonds is 4. The van der Waals surface area contributed by atoms with Crippen molar-refractivity contribution in [3.05, 3.63) is 152 Å². The maximum absolute atomic E-state index is 6.26. The SMILES string of the molecule is c1ccc(-c2ccc(-c3nc(-c4ccccc4)nc(-c4cccc5c4ccc4cc6c(cc45)oc4ccccc46)n3)cc2)cc1. The number of para-hydroxylation sites is 1. The Kier molecular flexibility index (Phi) is 5.78. The van der Waals surface area contributed by atoms with Gasteiger partial charge in [0.1, 0.15) is 11.2 Å². The number of fused-ring (bicyclic) bond motifs is 6. The van der Waals surface area contributed by atoms with E-state index in [1.54, 1.807) is 0 Å². The third kappa shape index (κ3) is 4.35. The molecule has 0 unspecified atom stereocenters. The van der Waals surface area contributed by atoms with Gasteiger partial charge in [-0.2, -0.15) is 0 Å². The summed E-state index contributed by atoms with van der Waals surface area (Å²) in [5.74, 6) is 1.92. The highest BCUT2D eigenvalue weighted by atomic mass is 16.3. The maximum atomic E-state index is 6.26. The first-order chi connectivity index (χ1) is 22.3. The molecule has 0 bridgehead atoms. The second kappa shape index (κ2) is 10.2. The molecule has 0 amide bonds. The number of hydrogen-bond acceptors (Lipinski definition) is 4. The fourth-order valence-electron chi connectivity index (χ4n) is 6.29. The van der Waals surface area contributed by atoms with Crippen LogP contribution in [-0.4, -0.2) is 15.0 Å². The predicted octanol–water partition coefficient (Wildman–Crippen LogP) is 10.7. The van der Waals surface area contributed by atoms with Crippen LogP contribution in [-0.2, 0) is 0 Å². The van der Waals surface area contributed by atoms with E-state index in [1.165, 1.54) is 10.9 Å². The van der Waals surface area contributed by atoms with E-state index in [4.69, 9.17) is 19.4 Å². The molecule has 0 aliphatic carbocycles. The average molecular weight is 576 g/mol. The Morgan fingerprint density at radius 1 is 0.333 bits per heavy atom. The number of aromatic nitrogens is 3. The average Bonchev–Trinajstić information content (AvgIpc) is 3.48. The van der Waals surface area contributed by atoms with Gasteiger partial charge in [-0.3, -0.25) is 0 Å².